The van der Waals surface area contributed by atoms with Crippen molar-refractivity contribution in [1.82, 2.24) is 14.6 Å². The Balaban J connectivity index is 1.73. The first-order valence-electron chi connectivity index (χ1n) is 9.42. The van der Waals surface area contributed by atoms with Gasteiger partial charge in [0.2, 0.25) is 0 Å². The fraction of sp³-hybridized carbons (Fsp3) is 0.300. The topological polar surface area (TPSA) is 93.5 Å². The summed E-state index contributed by atoms with van der Waals surface area (Å²) in [6.07, 6.45) is 1.98. The largest absolute Gasteiger partial charge is 0.450 e. The van der Waals surface area contributed by atoms with Gasteiger partial charge in [-0.05, 0) is 37.3 Å². The summed E-state index contributed by atoms with van der Waals surface area (Å²) in [5.74, 6) is -0.383. The number of carbonyl (C=O) groups is 2. The maximum atomic E-state index is 13.3. The molecule has 3 aromatic rings. The van der Waals surface area contributed by atoms with Gasteiger partial charge in [-0.2, -0.15) is 4.68 Å². The lowest BCUT2D eigenvalue weighted by molar-refractivity contribution is 0.100. The summed E-state index contributed by atoms with van der Waals surface area (Å²) in [5, 5.41) is 0.905. The maximum Gasteiger partial charge on any atom is 0.410 e. The molecule has 8 nitrogen and oxygen atoms in total. The zero-order chi connectivity index (χ0) is 21.3. The van der Waals surface area contributed by atoms with Gasteiger partial charge in [-0.1, -0.05) is 30.0 Å². The molecule has 30 heavy (non-hydrogen) atoms. The van der Waals surface area contributed by atoms with Crippen molar-refractivity contribution in [3.8, 4) is 0 Å². The number of thiophene rings is 1. The van der Waals surface area contributed by atoms with Gasteiger partial charge >= 0.3 is 6.09 Å². The molecule has 0 spiro atoms. The number of amides is 2. The second kappa shape index (κ2) is 8.49. The first-order valence-corrected chi connectivity index (χ1v) is 11.5. The third-order valence-electron chi connectivity index (χ3n) is 4.80. The van der Waals surface area contributed by atoms with E-state index >= 15 is 0 Å². The van der Waals surface area contributed by atoms with Crippen molar-refractivity contribution in [2.45, 2.75) is 25.0 Å². The lowest BCUT2D eigenvalue weighted by Gasteiger charge is -2.25. The molecular formula is C20H20N4O4S2. The van der Waals surface area contributed by atoms with Crippen molar-refractivity contribution < 1.29 is 14.3 Å². The lowest BCUT2D eigenvalue weighted by Crippen LogP contribution is -2.37. The van der Waals surface area contributed by atoms with E-state index in [0.29, 0.717) is 47.1 Å². The molecule has 2 aromatic heterocycles. The monoisotopic (exact) mass is 444 g/mol. The number of hydrogen-bond acceptors (Lipinski definition) is 7. The number of nitrogens with one attached hydrogen (secondary N) is 1. The molecule has 156 valence electrons. The number of thioether (sulfide) groups is 1. The number of ether oxygens (including phenoxy) is 1. The Bertz CT molecular complexity index is 1170. The smallest absolute Gasteiger partial charge is 0.410 e. The molecule has 1 N–H and O–H groups in total. The van der Waals surface area contributed by atoms with Gasteiger partial charge in [0.15, 0.2) is 5.16 Å². The Labute approximate surface area is 180 Å². The van der Waals surface area contributed by atoms with E-state index in [1.54, 1.807) is 42.3 Å². The van der Waals surface area contributed by atoms with Crippen molar-refractivity contribution in [2.75, 3.05) is 24.8 Å². The predicted octanol–water partition coefficient (Wildman–Crippen LogP) is 3.08. The zero-order valence-corrected chi connectivity index (χ0v) is 18.1. The second-order valence-corrected chi connectivity index (χ2v) is 8.46. The van der Waals surface area contributed by atoms with Gasteiger partial charge in [-0.15, -0.1) is 11.3 Å². The van der Waals surface area contributed by atoms with Gasteiger partial charge in [0.25, 0.3) is 11.5 Å². The van der Waals surface area contributed by atoms with E-state index < -0.39 is 0 Å². The highest BCUT2D eigenvalue weighted by Gasteiger charge is 2.28. The predicted molar refractivity (Wildman–Crippen MR) is 117 cm³/mol. The third-order valence-corrected chi connectivity index (χ3v) is 6.55. The van der Waals surface area contributed by atoms with Crippen molar-refractivity contribution in [2.24, 2.45) is 0 Å². The van der Waals surface area contributed by atoms with Crippen LogP contribution in [-0.4, -0.2) is 46.0 Å². The minimum atomic E-state index is -0.383. The fourth-order valence-electron chi connectivity index (χ4n) is 3.39. The molecule has 1 aliphatic heterocycles. The van der Waals surface area contributed by atoms with E-state index in [4.69, 9.17) is 4.74 Å². The molecule has 0 unspecified atom stereocenters. The van der Waals surface area contributed by atoms with Gasteiger partial charge in [0.1, 0.15) is 4.83 Å². The standard InChI is InChI=1S/C20H20N4O4S2/c1-3-28-20(27)23-10-9-13-14(11-23)30-17-15(13)18(26)24(19(21-17)29-2)22-16(25)12-7-5-4-6-8-12/h4-8H,3,9-11H2,1-2H3,(H,22,25). The van der Waals surface area contributed by atoms with Gasteiger partial charge in [-0.3, -0.25) is 15.0 Å². The molecule has 0 saturated heterocycles. The van der Waals surface area contributed by atoms with Gasteiger partial charge in [0.05, 0.1) is 18.5 Å². The molecule has 0 bridgehead atoms. The summed E-state index contributed by atoms with van der Waals surface area (Å²) in [6.45, 7) is 2.95. The molecule has 0 saturated carbocycles. The number of rotatable bonds is 4. The number of aromatic nitrogens is 2. The van der Waals surface area contributed by atoms with Crippen molar-refractivity contribution in [3.05, 3.63) is 56.7 Å². The van der Waals surface area contributed by atoms with E-state index in [0.717, 1.165) is 10.4 Å². The average molecular weight is 445 g/mol. The van der Waals surface area contributed by atoms with E-state index in [1.807, 2.05) is 6.07 Å². The molecule has 0 radical (unpaired) electrons. The van der Waals surface area contributed by atoms with Crippen molar-refractivity contribution in [3.63, 3.8) is 0 Å². The van der Waals surface area contributed by atoms with Crippen molar-refractivity contribution in [1.29, 1.82) is 0 Å². The minimum absolute atomic E-state index is 0.310. The summed E-state index contributed by atoms with van der Waals surface area (Å²) >= 11 is 2.69. The average Bonchev–Trinajstić information content (AvgIpc) is 3.13. The lowest BCUT2D eigenvalue weighted by atomic mass is 10.1. The Morgan fingerprint density at radius 3 is 2.77 bits per heavy atom. The van der Waals surface area contributed by atoms with E-state index in [-0.39, 0.29) is 17.6 Å². The molecule has 4 rings (SSSR count). The van der Waals surface area contributed by atoms with Crippen LogP contribution in [0, 0.1) is 0 Å². The Morgan fingerprint density at radius 2 is 2.07 bits per heavy atom. The summed E-state index contributed by atoms with van der Waals surface area (Å²) in [4.78, 5) is 45.8. The Morgan fingerprint density at radius 1 is 1.30 bits per heavy atom. The number of benzene rings is 1. The van der Waals surface area contributed by atoms with Crippen LogP contribution < -0.4 is 11.0 Å². The Hall–Kier alpha value is -2.85. The number of carbonyl (C=O) groups excluding carboxylic acids is 2. The van der Waals surface area contributed by atoms with E-state index in [1.165, 1.54) is 27.8 Å². The first kappa shape index (κ1) is 20.4. The summed E-state index contributed by atoms with van der Waals surface area (Å²) in [6, 6.07) is 8.71. The fourth-order valence-corrected chi connectivity index (χ4v) is 5.16. The molecule has 10 heteroatoms. The van der Waals surface area contributed by atoms with Crippen LogP contribution in [0.2, 0.25) is 0 Å². The minimum Gasteiger partial charge on any atom is -0.450 e. The molecule has 0 fully saturated rings. The van der Waals surface area contributed by atoms with Crippen molar-refractivity contribution >= 4 is 45.3 Å². The third kappa shape index (κ3) is 3.68. The molecule has 1 aromatic carbocycles. The maximum absolute atomic E-state index is 13.3. The highest BCUT2D eigenvalue weighted by Crippen LogP contribution is 2.33. The second-order valence-electron chi connectivity index (χ2n) is 6.60. The van der Waals surface area contributed by atoms with E-state index in [9.17, 15) is 14.4 Å². The normalized spacial score (nSPS) is 13.2. The first-order chi connectivity index (χ1) is 14.5. The molecule has 0 atom stereocenters. The Kier molecular flexibility index (Phi) is 5.78. The summed E-state index contributed by atoms with van der Waals surface area (Å²) < 4.78 is 6.31. The quantitative estimate of drug-likeness (QED) is 0.491. The molecule has 0 aliphatic carbocycles. The SMILES string of the molecule is CCOC(=O)N1CCc2c(sc3nc(SC)n(NC(=O)c4ccccc4)c(=O)c23)C1. The van der Waals surface area contributed by atoms with Crippen LogP contribution in [0.15, 0.2) is 40.3 Å². The van der Waals surface area contributed by atoms with Crippen LogP contribution in [0.5, 0.6) is 0 Å². The zero-order valence-electron chi connectivity index (χ0n) is 16.5. The molecule has 2 amide bonds. The number of fused-ring (bicyclic) bond motifs is 3. The van der Waals surface area contributed by atoms with Gasteiger partial charge in [-0.25, -0.2) is 9.78 Å². The summed E-state index contributed by atoms with van der Waals surface area (Å²) in [5.41, 5.74) is 3.72. The molecule has 3 heterocycles. The van der Waals surface area contributed by atoms with Crippen LogP contribution >= 0.6 is 23.1 Å². The summed E-state index contributed by atoms with van der Waals surface area (Å²) in [7, 11) is 0. The molecular weight excluding hydrogens is 424 g/mol. The van der Waals surface area contributed by atoms with Crippen LogP contribution in [0.4, 0.5) is 4.79 Å². The number of nitrogens with zero attached hydrogens (tertiary/aromatic N) is 3. The highest BCUT2D eigenvalue weighted by molar-refractivity contribution is 7.98. The van der Waals surface area contributed by atoms with Gasteiger partial charge in [0, 0.05) is 17.0 Å². The van der Waals surface area contributed by atoms with Crippen LogP contribution in [0.1, 0.15) is 27.7 Å². The van der Waals surface area contributed by atoms with Gasteiger partial charge < -0.3 is 9.64 Å². The molecule has 1 aliphatic rings. The number of hydrogen-bond donors (Lipinski definition) is 1. The highest BCUT2D eigenvalue weighted by atomic mass is 32.2. The van der Waals surface area contributed by atoms with Crippen LogP contribution in [0.3, 0.4) is 0 Å². The van der Waals surface area contributed by atoms with Crippen LogP contribution in [-0.2, 0) is 17.7 Å². The van der Waals surface area contributed by atoms with Crippen LogP contribution in [0.25, 0.3) is 10.2 Å². The van der Waals surface area contributed by atoms with E-state index in [2.05, 4.69) is 10.4 Å².